The molecule has 1 atom stereocenters. The number of hydrogen-bond donors (Lipinski definition) is 1. The summed E-state index contributed by atoms with van der Waals surface area (Å²) in [6, 6.07) is 10.1. The zero-order valence-corrected chi connectivity index (χ0v) is 17.6. The average Bonchev–Trinajstić information content (AvgIpc) is 3.12. The average molecular weight is 407 g/mol. The molecule has 0 radical (unpaired) electrons. The Balaban J connectivity index is 1.16. The van der Waals surface area contributed by atoms with Crippen LogP contribution >= 0.6 is 0 Å². The number of hydrogen-bond acceptors (Lipinski definition) is 5. The van der Waals surface area contributed by atoms with Gasteiger partial charge in [0.2, 0.25) is 11.9 Å². The van der Waals surface area contributed by atoms with Gasteiger partial charge in [-0.25, -0.2) is 15.0 Å². The Morgan fingerprint density at radius 1 is 1.13 bits per heavy atom. The molecule has 3 aromatic rings. The van der Waals surface area contributed by atoms with Crippen LogP contribution < -0.4 is 10.2 Å². The maximum absolute atomic E-state index is 12.6. The maximum Gasteiger partial charge on any atom is 0.225 e. The second-order valence-corrected chi connectivity index (χ2v) is 8.01. The zero-order valence-electron chi connectivity index (χ0n) is 17.6. The van der Waals surface area contributed by atoms with E-state index in [1.54, 1.807) is 12.4 Å². The molecule has 2 aromatic heterocycles. The SMILES string of the molecule is Cn1c(CCCCCNC(=O)[C@@H]2CCCN(c3ncccn3)C2)nc2ccccc21. The third-order valence-electron chi connectivity index (χ3n) is 5.88. The number of unbranched alkanes of at least 4 members (excludes halogenated alkanes) is 2. The van der Waals surface area contributed by atoms with Crippen LogP contribution in [0, 0.1) is 5.92 Å². The van der Waals surface area contributed by atoms with Crippen LogP contribution in [0.1, 0.15) is 37.9 Å². The molecule has 7 heteroatoms. The van der Waals surface area contributed by atoms with Crippen molar-refractivity contribution in [3.8, 4) is 0 Å². The van der Waals surface area contributed by atoms with Gasteiger partial charge in [0.15, 0.2) is 0 Å². The van der Waals surface area contributed by atoms with Gasteiger partial charge in [-0.15, -0.1) is 0 Å². The molecule has 3 heterocycles. The van der Waals surface area contributed by atoms with E-state index in [0.717, 1.165) is 68.9 Å². The smallest absolute Gasteiger partial charge is 0.225 e. The summed E-state index contributed by atoms with van der Waals surface area (Å²) in [6.07, 6.45) is 9.55. The summed E-state index contributed by atoms with van der Waals surface area (Å²) in [6.45, 7) is 2.35. The number of nitrogens with one attached hydrogen (secondary N) is 1. The lowest BCUT2D eigenvalue weighted by atomic mass is 9.97. The van der Waals surface area contributed by atoms with Gasteiger partial charge < -0.3 is 14.8 Å². The Bertz CT molecular complexity index is 970. The van der Waals surface area contributed by atoms with Crippen LogP contribution in [0.4, 0.5) is 5.95 Å². The van der Waals surface area contributed by atoms with Crippen molar-refractivity contribution in [3.05, 3.63) is 48.5 Å². The molecule has 158 valence electrons. The number of nitrogens with zero attached hydrogens (tertiary/aromatic N) is 5. The Morgan fingerprint density at radius 2 is 1.97 bits per heavy atom. The third-order valence-corrected chi connectivity index (χ3v) is 5.88. The maximum atomic E-state index is 12.6. The summed E-state index contributed by atoms with van der Waals surface area (Å²) in [4.78, 5) is 28.1. The van der Waals surface area contributed by atoms with Crippen molar-refractivity contribution >= 4 is 22.9 Å². The van der Waals surface area contributed by atoms with Crippen LogP contribution in [0.2, 0.25) is 0 Å². The van der Waals surface area contributed by atoms with Gasteiger partial charge in [0.25, 0.3) is 0 Å². The third kappa shape index (κ3) is 4.78. The minimum atomic E-state index is 0.0163. The highest BCUT2D eigenvalue weighted by atomic mass is 16.1. The second-order valence-electron chi connectivity index (χ2n) is 8.01. The number of piperidine rings is 1. The lowest BCUT2D eigenvalue weighted by Crippen LogP contribution is -2.43. The van der Waals surface area contributed by atoms with Crippen molar-refractivity contribution in [2.24, 2.45) is 13.0 Å². The Hall–Kier alpha value is -2.96. The van der Waals surface area contributed by atoms with E-state index in [1.165, 1.54) is 5.52 Å². The molecular weight excluding hydrogens is 376 g/mol. The number of rotatable bonds is 8. The van der Waals surface area contributed by atoms with E-state index < -0.39 is 0 Å². The quantitative estimate of drug-likeness (QED) is 0.582. The summed E-state index contributed by atoms with van der Waals surface area (Å²) in [5.74, 6) is 2.02. The number of carbonyl (C=O) groups is 1. The zero-order chi connectivity index (χ0) is 20.8. The van der Waals surface area contributed by atoms with E-state index in [-0.39, 0.29) is 11.8 Å². The first-order valence-electron chi connectivity index (χ1n) is 10.9. The largest absolute Gasteiger partial charge is 0.356 e. The van der Waals surface area contributed by atoms with Crippen molar-refractivity contribution in [1.29, 1.82) is 0 Å². The van der Waals surface area contributed by atoms with Gasteiger partial charge >= 0.3 is 0 Å². The Kier molecular flexibility index (Phi) is 6.57. The molecule has 1 saturated heterocycles. The van der Waals surface area contributed by atoms with Crippen molar-refractivity contribution < 1.29 is 4.79 Å². The first-order chi connectivity index (χ1) is 14.7. The summed E-state index contributed by atoms with van der Waals surface area (Å²) >= 11 is 0. The van der Waals surface area contributed by atoms with Gasteiger partial charge in [-0.3, -0.25) is 4.79 Å². The summed E-state index contributed by atoms with van der Waals surface area (Å²) in [5, 5.41) is 3.13. The number of anilines is 1. The van der Waals surface area contributed by atoms with Crippen LogP contribution in [-0.4, -0.2) is 45.1 Å². The van der Waals surface area contributed by atoms with E-state index in [2.05, 4.69) is 50.0 Å². The summed E-state index contributed by atoms with van der Waals surface area (Å²) in [5.41, 5.74) is 2.24. The fraction of sp³-hybridized carbons (Fsp3) is 0.478. The predicted molar refractivity (Wildman–Crippen MR) is 118 cm³/mol. The molecule has 0 unspecified atom stereocenters. The van der Waals surface area contributed by atoms with E-state index in [4.69, 9.17) is 4.98 Å². The fourth-order valence-electron chi connectivity index (χ4n) is 4.19. The first kappa shape index (κ1) is 20.3. The molecule has 1 fully saturated rings. The van der Waals surface area contributed by atoms with Gasteiger partial charge in [-0.1, -0.05) is 18.6 Å². The minimum Gasteiger partial charge on any atom is -0.356 e. The molecule has 7 nitrogen and oxygen atoms in total. The van der Waals surface area contributed by atoms with Crippen LogP contribution in [0.5, 0.6) is 0 Å². The number of aryl methyl sites for hydroxylation is 2. The van der Waals surface area contributed by atoms with Crippen LogP contribution in [0.3, 0.4) is 0 Å². The minimum absolute atomic E-state index is 0.0163. The number of benzene rings is 1. The molecule has 1 aliphatic rings. The standard InChI is InChI=1S/C23H30N6O/c1-28-20-11-5-4-10-19(20)27-21(28)12-3-2-6-13-24-22(30)18-9-7-16-29(17-18)23-25-14-8-15-26-23/h4-5,8,10-11,14-15,18H,2-3,6-7,9,12-13,16-17H2,1H3,(H,24,30)/t18-/m1/s1. The van der Waals surface area contributed by atoms with Gasteiger partial charge in [0, 0.05) is 45.5 Å². The molecular formula is C23H30N6O. The van der Waals surface area contributed by atoms with Crippen molar-refractivity contribution in [3.63, 3.8) is 0 Å². The number of amides is 1. The van der Waals surface area contributed by atoms with E-state index in [9.17, 15) is 4.79 Å². The van der Waals surface area contributed by atoms with Gasteiger partial charge in [-0.2, -0.15) is 0 Å². The molecule has 0 aliphatic carbocycles. The molecule has 1 amide bonds. The Morgan fingerprint density at radius 3 is 2.80 bits per heavy atom. The molecule has 0 bridgehead atoms. The highest BCUT2D eigenvalue weighted by Crippen LogP contribution is 2.20. The monoisotopic (exact) mass is 406 g/mol. The molecule has 30 heavy (non-hydrogen) atoms. The lowest BCUT2D eigenvalue weighted by Gasteiger charge is -2.31. The Labute approximate surface area is 177 Å². The molecule has 4 rings (SSSR count). The van der Waals surface area contributed by atoms with E-state index in [1.807, 2.05) is 12.1 Å². The van der Waals surface area contributed by atoms with E-state index in [0.29, 0.717) is 6.54 Å². The fourth-order valence-corrected chi connectivity index (χ4v) is 4.19. The van der Waals surface area contributed by atoms with E-state index >= 15 is 0 Å². The molecule has 1 aliphatic heterocycles. The number of carbonyl (C=O) groups excluding carboxylic acids is 1. The highest BCUT2D eigenvalue weighted by Gasteiger charge is 2.26. The molecule has 0 saturated carbocycles. The van der Waals surface area contributed by atoms with Crippen molar-refractivity contribution in [2.75, 3.05) is 24.5 Å². The highest BCUT2D eigenvalue weighted by molar-refractivity contribution is 5.79. The van der Waals surface area contributed by atoms with Crippen LogP contribution in [0.25, 0.3) is 11.0 Å². The summed E-state index contributed by atoms with van der Waals surface area (Å²) < 4.78 is 2.18. The molecule has 1 aromatic carbocycles. The first-order valence-corrected chi connectivity index (χ1v) is 10.9. The van der Waals surface area contributed by atoms with Crippen molar-refractivity contribution in [1.82, 2.24) is 24.8 Å². The predicted octanol–water partition coefficient (Wildman–Crippen LogP) is 3.11. The number of para-hydroxylation sites is 2. The van der Waals surface area contributed by atoms with Crippen LogP contribution in [-0.2, 0) is 18.3 Å². The van der Waals surface area contributed by atoms with Gasteiger partial charge in [0.1, 0.15) is 5.82 Å². The van der Waals surface area contributed by atoms with Gasteiger partial charge in [-0.05, 0) is 43.9 Å². The lowest BCUT2D eigenvalue weighted by molar-refractivity contribution is -0.125. The summed E-state index contributed by atoms with van der Waals surface area (Å²) in [7, 11) is 2.08. The molecule has 1 N–H and O–H groups in total. The van der Waals surface area contributed by atoms with Crippen molar-refractivity contribution in [2.45, 2.75) is 38.5 Å². The number of fused-ring (bicyclic) bond motifs is 1. The van der Waals surface area contributed by atoms with Crippen LogP contribution in [0.15, 0.2) is 42.7 Å². The normalized spacial score (nSPS) is 16.7. The topological polar surface area (TPSA) is 75.9 Å². The number of imidazole rings is 1. The van der Waals surface area contributed by atoms with Gasteiger partial charge in [0.05, 0.1) is 17.0 Å². The number of aromatic nitrogens is 4. The second kappa shape index (κ2) is 9.69. The molecule has 0 spiro atoms.